The lowest BCUT2D eigenvalue weighted by Crippen LogP contribution is -2.41. The molecule has 0 spiro atoms. The Labute approximate surface area is 152 Å². The first-order valence-corrected chi connectivity index (χ1v) is 10.6. The van der Waals surface area contributed by atoms with Crippen LogP contribution < -0.4 is 0 Å². The minimum atomic E-state index is -3.52. The zero-order chi connectivity index (χ0) is 18.4. The Bertz CT molecular complexity index is 792. The molecule has 0 N–H and O–H groups in total. The molecule has 3 nitrogen and oxygen atoms in total. The molecule has 1 unspecified atom stereocenters. The van der Waals surface area contributed by atoms with E-state index >= 15 is 0 Å². The van der Waals surface area contributed by atoms with Gasteiger partial charge in [-0.1, -0.05) is 62.8 Å². The molecule has 0 radical (unpaired) electrons. The fraction of sp³-hybridized carbons (Fsp3) is 0.524. The van der Waals surface area contributed by atoms with Crippen LogP contribution in [-0.4, -0.2) is 25.3 Å². The third-order valence-electron chi connectivity index (χ3n) is 6.04. The second kappa shape index (κ2) is 6.40. The molecule has 1 aromatic rings. The summed E-state index contributed by atoms with van der Waals surface area (Å²) in [5, 5.41) is 0. The monoisotopic (exact) mass is 359 g/mol. The number of sulfonamides is 1. The number of rotatable bonds is 4. The molecule has 136 valence electrons. The van der Waals surface area contributed by atoms with Gasteiger partial charge in [0.15, 0.2) is 0 Å². The molecular formula is C21H29NO2S. The van der Waals surface area contributed by atoms with Gasteiger partial charge in [0.1, 0.15) is 0 Å². The molecule has 0 aromatic heterocycles. The predicted molar refractivity (Wildman–Crippen MR) is 103 cm³/mol. The Morgan fingerprint density at radius 1 is 1.28 bits per heavy atom. The van der Waals surface area contributed by atoms with E-state index < -0.39 is 10.0 Å². The molecule has 2 aliphatic rings. The molecular weight excluding hydrogens is 330 g/mol. The summed E-state index contributed by atoms with van der Waals surface area (Å²) < 4.78 is 28.4. The molecule has 4 heteroatoms. The minimum absolute atomic E-state index is 0.152. The van der Waals surface area contributed by atoms with Crippen LogP contribution in [0.15, 0.2) is 53.5 Å². The van der Waals surface area contributed by atoms with Gasteiger partial charge in [-0.15, -0.1) is 0 Å². The van der Waals surface area contributed by atoms with Crippen molar-refractivity contribution in [1.82, 2.24) is 4.31 Å². The van der Waals surface area contributed by atoms with Gasteiger partial charge in [0.2, 0.25) is 10.0 Å². The van der Waals surface area contributed by atoms with Crippen LogP contribution in [0.1, 0.15) is 39.2 Å². The van der Waals surface area contributed by atoms with Crippen molar-refractivity contribution in [3.63, 3.8) is 0 Å². The maximum atomic E-state index is 13.3. The summed E-state index contributed by atoms with van der Waals surface area (Å²) >= 11 is 0. The Morgan fingerprint density at radius 3 is 2.52 bits per heavy atom. The van der Waals surface area contributed by atoms with E-state index in [1.807, 2.05) is 19.1 Å². The predicted octanol–water partition coefficient (Wildman–Crippen LogP) is 4.55. The first-order valence-electron chi connectivity index (χ1n) is 9.12. The summed E-state index contributed by atoms with van der Waals surface area (Å²) in [4.78, 5) is 0.384. The number of allylic oxidation sites excluding steroid dienone is 1. The highest BCUT2D eigenvalue weighted by atomic mass is 32.2. The van der Waals surface area contributed by atoms with E-state index in [2.05, 4.69) is 39.5 Å². The normalized spacial score (nSPS) is 30.5. The van der Waals surface area contributed by atoms with Crippen LogP contribution >= 0.6 is 0 Å². The second-order valence-electron chi connectivity index (χ2n) is 8.08. The molecule has 1 saturated carbocycles. The quantitative estimate of drug-likeness (QED) is 0.740. The van der Waals surface area contributed by atoms with Crippen molar-refractivity contribution in [2.45, 2.75) is 51.5 Å². The number of hydrogen-bond acceptors (Lipinski definition) is 2. The summed E-state index contributed by atoms with van der Waals surface area (Å²) in [7, 11) is -3.52. The van der Waals surface area contributed by atoms with Gasteiger partial charge in [-0.05, 0) is 43.7 Å². The van der Waals surface area contributed by atoms with Gasteiger partial charge in [0, 0.05) is 12.0 Å². The van der Waals surface area contributed by atoms with E-state index in [1.54, 1.807) is 16.4 Å². The molecule has 3 rings (SSSR count). The highest BCUT2D eigenvalue weighted by Gasteiger charge is 2.57. The van der Waals surface area contributed by atoms with Crippen molar-refractivity contribution in [1.29, 1.82) is 0 Å². The van der Waals surface area contributed by atoms with Crippen LogP contribution in [0.25, 0.3) is 0 Å². The number of benzene rings is 1. The molecule has 0 bridgehead atoms. The van der Waals surface area contributed by atoms with Crippen LogP contribution in [0.2, 0.25) is 0 Å². The first kappa shape index (κ1) is 18.4. The van der Waals surface area contributed by atoms with Crippen molar-refractivity contribution in [2.24, 2.45) is 17.3 Å². The van der Waals surface area contributed by atoms with Gasteiger partial charge >= 0.3 is 0 Å². The van der Waals surface area contributed by atoms with Crippen molar-refractivity contribution in [3.05, 3.63) is 54.1 Å². The molecule has 1 saturated heterocycles. The van der Waals surface area contributed by atoms with Crippen molar-refractivity contribution >= 4 is 10.0 Å². The van der Waals surface area contributed by atoms with E-state index in [4.69, 9.17) is 0 Å². The Morgan fingerprint density at radius 2 is 1.92 bits per heavy atom. The lowest BCUT2D eigenvalue weighted by Gasteiger charge is -2.33. The van der Waals surface area contributed by atoms with Gasteiger partial charge < -0.3 is 0 Å². The fourth-order valence-corrected chi connectivity index (χ4v) is 6.00. The molecule has 1 aliphatic carbocycles. The Balaban J connectivity index is 2.05. The topological polar surface area (TPSA) is 37.4 Å². The van der Waals surface area contributed by atoms with E-state index in [9.17, 15) is 8.42 Å². The largest absolute Gasteiger partial charge is 0.243 e. The lowest BCUT2D eigenvalue weighted by atomic mass is 9.74. The molecule has 1 aliphatic heterocycles. The summed E-state index contributed by atoms with van der Waals surface area (Å²) in [6, 6.07) is 7.02. The molecule has 0 amide bonds. The molecule has 1 aromatic carbocycles. The van der Waals surface area contributed by atoms with E-state index in [0.717, 1.165) is 18.4 Å². The molecule has 2 fully saturated rings. The van der Waals surface area contributed by atoms with Crippen molar-refractivity contribution in [3.8, 4) is 0 Å². The van der Waals surface area contributed by atoms with Crippen LogP contribution in [0.5, 0.6) is 0 Å². The van der Waals surface area contributed by atoms with E-state index in [0.29, 0.717) is 23.3 Å². The third-order valence-corrected chi connectivity index (χ3v) is 7.90. The maximum Gasteiger partial charge on any atom is 0.243 e. The third kappa shape index (κ3) is 3.00. The summed E-state index contributed by atoms with van der Waals surface area (Å²) in [6.45, 7) is 13.3. The zero-order valence-corrected chi connectivity index (χ0v) is 16.5. The molecule has 3 atom stereocenters. The number of aryl methyl sites for hydroxylation is 1. The molecule has 1 heterocycles. The van der Waals surface area contributed by atoms with Crippen LogP contribution in [0, 0.1) is 24.2 Å². The first-order chi connectivity index (χ1) is 11.7. The Kier molecular flexibility index (Phi) is 4.71. The average molecular weight is 360 g/mol. The standard InChI is InChI=1S/C21H29NO2S/c1-15(2)6-13-20-21(5)17(4)9-10-18(21)14-22(20)25(23,24)19-11-7-16(3)8-12-19/h6-8,11-13,15,18,20H,4,9-10,14H2,1-3,5H3/b13-6+/t18-,20?,21-/m1/s1. The highest BCUT2D eigenvalue weighted by Crippen LogP contribution is 2.56. The van der Waals surface area contributed by atoms with E-state index in [-0.39, 0.29) is 11.5 Å². The Hall–Kier alpha value is -1.39. The highest BCUT2D eigenvalue weighted by molar-refractivity contribution is 7.89. The fourth-order valence-electron chi connectivity index (χ4n) is 4.28. The minimum Gasteiger partial charge on any atom is -0.207 e. The van der Waals surface area contributed by atoms with Gasteiger partial charge in [0.25, 0.3) is 0 Å². The lowest BCUT2D eigenvalue weighted by molar-refractivity contribution is 0.303. The van der Waals surface area contributed by atoms with Gasteiger partial charge in [-0.3, -0.25) is 0 Å². The SMILES string of the molecule is C=C1CC[C@@H]2CN(S(=O)(=O)c3ccc(C)cc3)C(/C=C/C(C)C)[C@]12C. The van der Waals surface area contributed by atoms with Gasteiger partial charge in [0.05, 0.1) is 10.9 Å². The second-order valence-corrected chi connectivity index (χ2v) is 9.97. The van der Waals surface area contributed by atoms with Crippen molar-refractivity contribution in [2.75, 3.05) is 6.54 Å². The number of nitrogens with zero attached hydrogens (tertiary/aromatic N) is 1. The number of fused-ring (bicyclic) bond motifs is 1. The van der Waals surface area contributed by atoms with E-state index in [1.165, 1.54) is 5.57 Å². The van der Waals surface area contributed by atoms with Crippen molar-refractivity contribution < 1.29 is 8.42 Å². The summed E-state index contributed by atoms with van der Waals surface area (Å²) in [5.74, 6) is 0.739. The maximum absolute atomic E-state index is 13.3. The van der Waals surface area contributed by atoms with Crippen LogP contribution in [0.3, 0.4) is 0 Å². The summed E-state index contributed by atoms with van der Waals surface area (Å²) in [5.41, 5.74) is 2.09. The molecule has 25 heavy (non-hydrogen) atoms. The zero-order valence-electron chi connectivity index (χ0n) is 15.7. The average Bonchev–Trinajstić information content (AvgIpc) is 2.99. The van der Waals surface area contributed by atoms with Crippen LogP contribution in [0.4, 0.5) is 0 Å². The van der Waals surface area contributed by atoms with Gasteiger partial charge in [-0.25, -0.2) is 8.42 Å². The smallest absolute Gasteiger partial charge is 0.207 e. The van der Waals surface area contributed by atoms with Crippen LogP contribution in [-0.2, 0) is 10.0 Å². The summed E-state index contributed by atoms with van der Waals surface area (Å²) in [6.07, 6.45) is 6.27. The number of hydrogen-bond donors (Lipinski definition) is 0. The van der Waals surface area contributed by atoms with Gasteiger partial charge in [-0.2, -0.15) is 4.31 Å².